The molecule has 0 N–H and O–H groups in total. The van der Waals surface area contributed by atoms with Crippen LogP contribution in [-0.2, 0) is 12.7 Å². The molecule has 1 aliphatic heterocycles. The van der Waals surface area contributed by atoms with Crippen molar-refractivity contribution in [3.63, 3.8) is 0 Å². The summed E-state index contributed by atoms with van der Waals surface area (Å²) in [6, 6.07) is 7.18. The number of nitrogens with zero attached hydrogens (tertiary/aromatic N) is 4. The standard InChI is InChI=1S/C20H25F3N4/c1-14-10-15(2)25-17(11-14)13-26(3)18-6-8-27(9-7-18)19-5-4-16(12-24-19)20(21,22)23/h4-5,10-12,18H,6-9,13H2,1-3H3. The van der Waals surface area contributed by atoms with Gasteiger partial charge in [0.05, 0.1) is 11.3 Å². The Bertz CT molecular complexity index is 746. The summed E-state index contributed by atoms with van der Waals surface area (Å²) >= 11 is 0. The van der Waals surface area contributed by atoms with E-state index in [2.05, 4.69) is 45.9 Å². The molecule has 0 radical (unpaired) electrons. The van der Waals surface area contributed by atoms with Crippen molar-refractivity contribution >= 4 is 5.82 Å². The zero-order chi connectivity index (χ0) is 19.6. The molecule has 2 aromatic heterocycles. The van der Waals surface area contributed by atoms with Gasteiger partial charge in [-0.15, -0.1) is 0 Å². The van der Waals surface area contributed by atoms with Crippen LogP contribution in [0, 0.1) is 13.8 Å². The molecule has 27 heavy (non-hydrogen) atoms. The van der Waals surface area contributed by atoms with Crippen LogP contribution in [0.15, 0.2) is 30.5 Å². The maximum atomic E-state index is 12.7. The van der Waals surface area contributed by atoms with Crippen molar-refractivity contribution in [3.8, 4) is 0 Å². The lowest BCUT2D eigenvalue weighted by molar-refractivity contribution is -0.137. The summed E-state index contributed by atoms with van der Waals surface area (Å²) in [4.78, 5) is 13.0. The minimum Gasteiger partial charge on any atom is -0.357 e. The van der Waals surface area contributed by atoms with Crippen LogP contribution in [0.25, 0.3) is 0 Å². The van der Waals surface area contributed by atoms with Crippen LogP contribution in [0.4, 0.5) is 19.0 Å². The van der Waals surface area contributed by atoms with E-state index in [-0.39, 0.29) is 0 Å². The van der Waals surface area contributed by atoms with Crippen molar-refractivity contribution in [2.75, 3.05) is 25.0 Å². The number of piperidine rings is 1. The first kappa shape index (κ1) is 19.6. The molecule has 0 amide bonds. The first-order valence-corrected chi connectivity index (χ1v) is 9.15. The van der Waals surface area contributed by atoms with Crippen molar-refractivity contribution in [1.82, 2.24) is 14.9 Å². The molecule has 3 heterocycles. The smallest absolute Gasteiger partial charge is 0.357 e. The normalized spacial score (nSPS) is 16.2. The lowest BCUT2D eigenvalue weighted by Gasteiger charge is -2.37. The molecule has 4 nitrogen and oxygen atoms in total. The summed E-state index contributed by atoms with van der Waals surface area (Å²) in [6.07, 6.45) is -1.53. The lowest BCUT2D eigenvalue weighted by Crippen LogP contribution is -2.43. The maximum Gasteiger partial charge on any atom is 0.417 e. The molecule has 0 atom stereocenters. The third-order valence-electron chi connectivity index (χ3n) is 5.05. The Morgan fingerprint density at radius 2 is 1.85 bits per heavy atom. The molecule has 0 unspecified atom stereocenters. The van der Waals surface area contributed by atoms with Gasteiger partial charge in [0, 0.05) is 37.6 Å². The van der Waals surface area contributed by atoms with Crippen molar-refractivity contribution in [3.05, 3.63) is 53.0 Å². The molecule has 146 valence electrons. The topological polar surface area (TPSA) is 32.3 Å². The Balaban J connectivity index is 1.56. The number of hydrogen-bond acceptors (Lipinski definition) is 4. The SMILES string of the molecule is Cc1cc(C)nc(CN(C)C2CCN(c3ccc(C(F)(F)F)cn3)CC2)c1. The highest BCUT2D eigenvalue weighted by molar-refractivity contribution is 5.40. The van der Waals surface area contributed by atoms with Crippen molar-refractivity contribution in [2.45, 2.75) is 45.5 Å². The third kappa shape index (κ3) is 4.97. The van der Waals surface area contributed by atoms with Gasteiger partial charge in [0.2, 0.25) is 0 Å². The molecule has 0 spiro atoms. The highest BCUT2D eigenvalue weighted by atomic mass is 19.4. The summed E-state index contributed by atoms with van der Waals surface area (Å²) in [5.74, 6) is 0.611. The molecule has 3 rings (SSSR count). The fraction of sp³-hybridized carbons (Fsp3) is 0.500. The zero-order valence-electron chi connectivity index (χ0n) is 15.9. The zero-order valence-corrected chi connectivity index (χ0v) is 15.9. The molecule has 0 saturated carbocycles. The quantitative estimate of drug-likeness (QED) is 0.798. The average molecular weight is 378 g/mol. The number of halogens is 3. The summed E-state index contributed by atoms with van der Waals surface area (Å²) in [6.45, 7) is 6.45. The summed E-state index contributed by atoms with van der Waals surface area (Å²) in [7, 11) is 2.11. The Labute approximate surface area is 158 Å². The summed E-state index contributed by atoms with van der Waals surface area (Å²) in [5.41, 5.74) is 2.61. The molecular weight excluding hydrogens is 353 g/mol. The highest BCUT2D eigenvalue weighted by Gasteiger charge is 2.31. The molecule has 1 saturated heterocycles. The van der Waals surface area contributed by atoms with Gasteiger partial charge < -0.3 is 4.90 Å². The molecule has 0 bridgehead atoms. The van der Waals surface area contributed by atoms with Crippen LogP contribution in [0.1, 0.15) is 35.4 Å². The van der Waals surface area contributed by atoms with E-state index in [0.29, 0.717) is 11.9 Å². The molecule has 7 heteroatoms. The predicted octanol–water partition coefficient (Wildman–Crippen LogP) is 4.21. The lowest BCUT2D eigenvalue weighted by atomic mass is 10.0. The molecule has 1 fully saturated rings. The van der Waals surface area contributed by atoms with E-state index >= 15 is 0 Å². The van der Waals surface area contributed by atoms with Gasteiger partial charge in [-0.3, -0.25) is 9.88 Å². The molecular formula is C20H25F3N4. The number of alkyl halides is 3. The van der Waals surface area contributed by atoms with Crippen molar-refractivity contribution in [2.24, 2.45) is 0 Å². The van der Waals surface area contributed by atoms with Gasteiger partial charge in [-0.05, 0) is 63.6 Å². The Morgan fingerprint density at radius 3 is 2.41 bits per heavy atom. The van der Waals surface area contributed by atoms with E-state index in [0.717, 1.165) is 56.1 Å². The van der Waals surface area contributed by atoms with Crippen LogP contribution in [0.3, 0.4) is 0 Å². The van der Waals surface area contributed by atoms with Crippen LogP contribution >= 0.6 is 0 Å². The Hall–Kier alpha value is -2.15. The van der Waals surface area contributed by atoms with Gasteiger partial charge in [0.25, 0.3) is 0 Å². The first-order valence-electron chi connectivity index (χ1n) is 9.15. The van der Waals surface area contributed by atoms with Gasteiger partial charge >= 0.3 is 6.18 Å². The third-order valence-corrected chi connectivity index (χ3v) is 5.05. The number of aryl methyl sites for hydroxylation is 2. The van der Waals surface area contributed by atoms with Crippen molar-refractivity contribution < 1.29 is 13.2 Å². The number of anilines is 1. The molecule has 0 aromatic carbocycles. The Kier molecular flexibility index (Phi) is 5.69. The average Bonchev–Trinajstić information content (AvgIpc) is 2.60. The van der Waals surface area contributed by atoms with Crippen LogP contribution in [0.5, 0.6) is 0 Å². The van der Waals surface area contributed by atoms with Gasteiger partial charge in [0.15, 0.2) is 0 Å². The molecule has 2 aromatic rings. The number of rotatable bonds is 4. The second-order valence-corrected chi connectivity index (χ2v) is 7.31. The molecule has 1 aliphatic rings. The minimum absolute atomic E-state index is 0.429. The predicted molar refractivity (Wildman–Crippen MR) is 99.7 cm³/mol. The minimum atomic E-state index is -4.34. The fourth-order valence-corrected chi connectivity index (χ4v) is 3.67. The monoisotopic (exact) mass is 378 g/mol. The highest BCUT2D eigenvalue weighted by Crippen LogP contribution is 2.30. The fourth-order valence-electron chi connectivity index (χ4n) is 3.67. The molecule has 0 aliphatic carbocycles. The number of aromatic nitrogens is 2. The van der Waals surface area contributed by atoms with E-state index in [1.165, 1.54) is 11.6 Å². The second kappa shape index (κ2) is 7.84. The summed E-state index contributed by atoms with van der Waals surface area (Å²) in [5, 5.41) is 0. The van der Waals surface area contributed by atoms with Crippen LogP contribution in [0.2, 0.25) is 0 Å². The van der Waals surface area contributed by atoms with E-state index in [9.17, 15) is 13.2 Å². The first-order chi connectivity index (χ1) is 12.7. The van der Waals surface area contributed by atoms with E-state index in [1.54, 1.807) is 0 Å². The maximum absolute atomic E-state index is 12.7. The van der Waals surface area contributed by atoms with Crippen LogP contribution < -0.4 is 4.90 Å². The van der Waals surface area contributed by atoms with Crippen molar-refractivity contribution in [1.29, 1.82) is 0 Å². The number of hydrogen-bond donors (Lipinski definition) is 0. The van der Waals surface area contributed by atoms with Gasteiger partial charge in [0.1, 0.15) is 5.82 Å². The van der Waals surface area contributed by atoms with Gasteiger partial charge in [-0.2, -0.15) is 13.2 Å². The van der Waals surface area contributed by atoms with E-state index in [4.69, 9.17) is 0 Å². The van der Waals surface area contributed by atoms with E-state index in [1.807, 2.05) is 6.92 Å². The van der Waals surface area contributed by atoms with E-state index < -0.39 is 11.7 Å². The van der Waals surface area contributed by atoms with Gasteiger partial charge in [-0.25, -0.2) is 4.98 Å². The summed E-state index contributed by atoms with van der Waals surface area (Å²) < 4.78 is 38.0. The Morgan fingerprint density at radius 1 is 1.15 bits per heavy atom. The van der Waals surface area contributed by atoms with Gasteiger partial charge in [-0.1, -0.05) is 0 Å². The largest absolute Gasteiger partial charge is 0.417 e. The number of pyridine rings is 2. The second-order valence-electron chi connectivity index (χ2n) is 7.31. The van der Waals surface area contributed by atoms with Crippen LogP contribution in [-0.4, -0.2) is 41.0 Å².